The maximum atomic E-state index is 5.48. The fraction of sp³-hybridized carbons (Fsp3) is 0.545. The van der Waals surface area contributed by atoms with Gasteiger partial charge >= 0.3 is 0 Å². The van der Waals surface area contributed by atoms with E-state index >= 15 is 0 Å². The van der Waals surface area contributed by atoms with Crippen molar-refractivity contribution >= 4 is 0 Å². The molecule has 0 N–H and O–H groups in total. The zero-order chi connectivity index (χ0) is 13.0. The predicted octanol–water partition coefficient (Wildman–Crippen LogP) is 1.57. The molecule has 98 valence electrons. The molecule has 0 aliphatic carbocycles. The van der Waals surface area contributed by atoms with E-state index in [-0.39, 0.29) is 12.7 Å². The van der Waals surface area contributed by atoms with Crippen molar-refractivity contribution in [1.29, 1.82) is 0 Å². The smallest absolute Gasteiger partial charge is 0.264 e. The summed E-state index contributed by atoms with van der Waals surface area (Å²) >= 11 is 0. The molecule has 2 aromatic rings. The fourth-order valence-corrected chi connectivity index (χ4v) is 1.33. The summed E-state index contributed by atoms with van der Waals surface area (Å²) in [4.78, 5) is 4.17. The number of aromatic nitrogens is 4. The molecule has 0 aliphatic heterocycles. The molecule has 0 bridgehead atoms. The van der Waals surface area contributed by atoms with Crippen LogP contribution in [0.1, 0.15) is 31.7 Å². The molecule has 0 saturated carbocycles. The minimum Gasteiger partial charge on any atom is -0.480 e. The second-order valence-electron chi connectivity index (χ2n) is 3.74. The number of hydrogen-bond acceptors (Lipinski definition) is 6. The number of hydrogen-bond donors (Lipinski definition) is 0. The highest BCUT2D eigenvalue weighted by Gasteiger charge is 2.13. The Labute approximate surface area is 105 Å². The van der Waals surface area contributed by atoms with E-state index in [1.165, 1.54) is 0 Å². The minimum absolute atomic E-state index is 0.189. The Morgan fingerprint density at radius 1 is 1.50 bits per heavy atom. The van der Waals surface area contributed by atoms with Crippen molar-refractivity contribution in [3.8, 4) is 5.75 Å². The maximum Gasteiger partial charge on any atom is 0.264 e. The molecule has 0 radical (unpaired) electrons. The van der Waals surface area contributed by atoms with Crippen molar-refractivity contribution in [2.75, 3.05) is 7.11 Å². The van der Waals surface area contributed by atoms with Gasteiger partial charge < -0.3 is 14.0 Å². The third-order valence-electron chi connectivity index (χ3n) is 2.50. The Morgan fingerprint density at radius 2 is 2.33 bits per heavy atom. The van der Waals surface area contributed by atoms with Crippen LogP contribution in [0.15, 0.2) is 16.9 Å². The van der Waals surface area contributed by atoms with E-state index in [0.29, 0.717) is 17.5 Å². The van der Waals surface area contributed by atoms with Gasteiger partial charge in [0.05, 0.1) is 12.4 Å². The van der Waals surface area contributed by atoms with Crippen LogP contribution in [-0.4, -0.2) is 27.0 Å². The van der Waals surface area contributed by atoms with E-state index in [0.717, 1.165) is 6.54 Å². The first-order chi connectivity index (χ1) is 8.72. The second kappa shape index (κ2) is 5.63. The largest absolute Gasteiger partial charge is 0.480 e. The molecule has 18 heavy (non-hydrogen) atoms. The minimum atomic E-state index is -0.189. The molecular weight excluding hydrogens is 236 g/mol. The van der Waals surface area contributed by atoms with Crippen LogP contribution in [0.2, 0.25) is 0 Å². The molecule has 2 aromatic heterocycles. The highest BCUT2D eigenvalue weighted by atomic mass is 16.5. The standard InChI is InChI=1S/C11H16N4O3/c1-4-15-6-9(5-12-15)17-7-10-13-11(14-18-10)8(2)16-3/h5-6,8H,4,7H2,1-3H3/t8-/m1/s1. The Bertz CT molecular complexity index is 494. The quantitative estimate of drug-likeness (QED) is 0.776. The van der Waals surface area contributed by atoms with E-state index in [1.54, 1.807) is 18.0 Å². The van der Waals surface area contributed by atoms with Gasteiger partial charge in [-0.1, -0.05) is 5.16 Å². The van der Waals surface area contributed by atoms with E-state index in [4.69, 9.17) is 14.0 Å². The SMILES string of the molecule is CCn1cc(OCc2nc([C@@H](C)OC)no2)cn1. The molecule has 0 aliphatic rings. The molecule has 7 heteroatoms. The predicted molar refractivity (Wildman–Crippen MR) is 62.0 cm³/mol. The lowest BCUT2D eigenvalue weighted by atomic mass is 10.4. The monoisotopic (exact) mass is 252 g/mol. The number of methoxy groups -OCH3 is 1. The zero-order valence-corrected chi connectivity index (χ0v) is 10.7. The van der Waals surface area contributed by atoms with Crippen LogP contribution in [-0.2, 0) is 17.9 Å². The summed E-state index contributed by atoms with van der Waals surface area (Å²) in [6.07, 6.45) is 3.28. The van der Waals surface area contributed by atoms with Gasteiger partial charge in [-0.05, 0) is 13.8 Å². The van der Waals surface area contributed by atoms with Crippen LogP contribution >= 0.6 is 0 Å². The molecule has 0 saturated heterocycles. The third-order valence-corrected chi connectivity index (χ3v) is 2.50. The highest BCUT2D eigenvalue weighted by molar-refractivity contribution is 5.11. The summed E-state index contributed by atoms with van der Waals surface area (Å²) < 4.78 is 17.4. The van der Waals surface area contributed by atoms with Crippen molar-refractivity contribution in [3.63, 3.8) is 0 Å². The first kappa shape index (κ1) is 12.6. The van der Waals surface area contributed by atoms with Gasteiger partial charge in [-0.25, -0.2) is 0 Å². The Balaban J connectivity index is 1.91. The lowest BCUT2D eigenvalue weighted by Crippen LogP contribution is -1.99. The summed E-state index contributed by atoms with van der Waals surface area (Å²) in [6.45, 7) is 4.88. The van der Waals surface area contributed by atoms with Gasteiger partial charge in [0.1, 0.15) is 6.10 Å². The number of ether oxygens (including phenoxy) is 2. The molecular formula is C11H16N4O3. The first-order valence-electron chi connectivity index (χ1n) is 5.73. The van der Waals surface area contributed by atoms with E-state index in [2.05, 4.69) is 15.2 Å². The third kappa shape index (κ3) is 2.86. The van der Waals surface area contributed by atoms with Gasteiger partial charge in [0.25, 0.3) is 5.89 Å². The van der Waals surface area contributed by atoms with Crippen LogP contribution in [0.25, 0.3) is 0 Å². The van der Waals surface area contributed by atoms with Crippen LogP contribution in [0.4, 0.5) is 0 Å². The molecule has 2 heterocycles. The summed E-state index contributed by atoms with van der Waals surface area (Å²) in [7, 11) is 1.59. The van der Waals surface area contributed by atoms with Gasteiger partial charge in [-0.2, -0.15) is 10.1 Å². The van der Waals surface area contributed by atoms with Gasteiger partial charge in [0.2, 0.25) is 0 Å². The molecule has 1 atom stereocenters. The van der Waals surface area contributed by atoms with Crippen molar-refractivity contribution < 1.29 is 14.0 Å². The Kier molecular flexibility index (Phi) is 3.93. The summed E-state index contributed by atoms with van der Waals surface area (Å²) in [6, 6.07) is 0. The lowest BCUT2D eigenvalue weighted by Gasteiger charge is -2.01. The van der Waals surface area contributed by atoms with Gasteiger partial charge in [-0.15, -0.1) is 0 Å². The average Bonchev–Trinajstić information content (AvgIpc) is 3.04. The molecule has 0 unspecified atom stereocenters. The molecule has 0 aromatic carbocycles. The van der Waals surface area contributed by atoms with Crippen molar-refractivity contribution in [3.05, 3.63) is 24.1 Å². The second-order valence-corrected chi connectivity index (χ2v) is 3.74. The lowest BCUT2D eigenvalue weighted by molar-refractivity contribution is 0.109. The van der Waals surface area contributed by atoms with Crippen molar-refractivity contribution in [2.45, 2.75) is 33.1 Å². The zero-order valence-electron chi connectivity index (χ0n) is 10.7. The molecule has 0 fully saturated rings. The van der Waals surface area contributed by atoms with Crippen LogP contribution in [0, 0.1) is 0 Å². The van der Waals surface area contributed by atoms with Gasteiger partial charge in [0, 0.05) is 13.7 Å². The van der Waals surface area contributed by atoms with Gasteiger partial charge in [0.15, 0.2) is 18.2 Å². The Morgan fingerprint density at radius 3 is 3.00 bits per heavy atom. The van der Waals surface area contributed by atoms with Crippen LogP contribution in [0.5, 0.6) is 5.75 Å². The summed E-state index contributed by atoms with van der Waals surface area (Å²) in [5.41, 5.74) is 0. The Hall–Kier alpha value is -1.89. The molecule has 7 nitrogen and oxygen atoms in total. The van der Waals surface area contributed by atoms with E-state index in [9.17, 15) is 0 Å². The topological polar surface area (TPSA) is 75.2 Å². The first-order valence-corrected chi connectivity index (χ1v) is 5.73. The fourth-order valence-electron chi connectivity index (χ4n) is 1.33. The van der Waals surface area contributed by atoms with Crippen LogP contribution < -0.4 is 4.74 Å². The molecule has 2 rings (SSSR count). The molecule has 0 amide bonds. The van der Waals surface area contributed by atoms with Crippen molar-refractivity contribution in [1.82, 2.24) is 19.9 Å². The summed E-state index contributed by atoms with van der Waals surface area (Å²) in [5, 5.41) is 7.91. The number of rotatable bonds is 6. The van der Waals surface area contributed by atoms with Crippen molar-refractivity contribution in [2.24, 2.45) is 0 Å². The average molecular weight is 252 g/mol. The normalized spacial score (nSPS) is 12.6. The van der Waals surface area contributed by atoms with E-state index in [1.807, 2.05) is 20.0 Å². The number of nitrogens with zero attached hydrogens (tertiary/aromatic N) is 4. The maximum absolute atomic E-state index is 5.48. The van der Waals surface area contributed by atoms with Gasteiger partial charge in [-0.3, -0.25) is 4.68 Å². The number of aryl methyl sites for hydroxylation is 1. The molecule has 0 spiro atoms. The summed E-state index contributed by atoms with van der Waals surface area (Å²) in [5.74, 6) is 1.61. The van der Waals surface area contributed by atoms with E-state index < -0.39 is 0 Å². The highest BCUT2D eigenvalue weighted by Crippen LogP contribution is 2.14. The van der Waals surface area contributed by atoms with Crippen LogP contribution in [0.3, 0.4) is 0 Å².